The molecule has 0 radical (unpaired) electrons. The molecule has 0 aromatic carbocycles. The summed E-state index contributed by atoms with van der Waals surface area (Å²) in [6.07, 6.45) is 3.71. The Bertz CT molecular complexity index is 332. The monoisotopic (exact) mass is 235 g/mol. The fourth-order valence-electron chi connectivity index (χ4n) is 1.85. The topological polar surface area (TPSA) is 74.7 Å². The molecule has 1 rings (SSSR count). The Hall–Kier alpha value is -0.620. The van der Waals surface area contributed by atoms with Crippen LogP contribution in [0.2, 0.25) is 0 Å². The molecule has 15 heavy (non-hydrogen) atoms. The van der Waals surface area contributed by atoms with Crippen molar-refractivity contribution in [2.24, 2.45) is 0 Å². The summed E-state index contributed by atoms with van der Waals surface area (Å²) >= 11 is 0. The second-order valence-electron chi connectivity index (χ2n) is 3.98. The van der Waals surface area contributed by atoms with Gasteiger partial charge in [0, 0.05) is 13.1 Å². The molecule has 1 unspecified atom stereocenters. The van der Waals surface area contributed by atoms with Crippen LogP contribution in [-0.2, 0) is 14.8 Å². The Morgan fingerprint density at radius 1 is 1.40 bits per heavy atom. The van der Waals surface area contributed by atoms with Crippen molar-refractivity contribution in [1.82, 2.24) is 4.31 Å². The number of hydrogen-bond acceptors (Lipinski definition) is 3. The third kappa shape index (κ3) is 2.49. The highest BCUT2D eigenvalue weighted by Gasteiger charge is 2.36. The molecule has 5 nitrogen and oxygen atoms in total. The van der Waals surface area contributed by atoms with Crippen molar-refractivity contribution in [3.63, 3.8) is 0 Å². The van der Waals surface area contributed by atoms with E-state index in [1.807, 2.05) is 0 Å². The van der Waals surface area contributed by atoms with Gasteiger partial charge in [-0.15, -0.1) is 0 Å². The van der Waals surface area contributed by atoms with E-state index in [4.69, 9.17) is 5.11 Å². The standard InChI is InChI=1S/C9H17NO4S/c1-7(9(11)12)15(13,14)10(2)8-5-3-4-6-8/h7-8H,3-6H2,1-2H3,(H,11,12). The van der Waals surface area contributed by atoms with Gasteiger partial charge in [-0.2, -0.15) is 0 Å². The second-order valence-corrected chi connectivity index (χ2v) is 6.29. The molecule has 0 aliphatic heterocycles. The summed E-state index contributed by atoms with van der Waals surface area (Å²) < 4.78 is 24.8. The molecule has 0 spiro atoms. The zero-order valence-electron chi connectivity index (χ0n) is 9.01. The Kier molecular flexibility index (Phi) is 3.72. The molecular weight excluding hydrogens is 218 g/mol. The average Bonchev–Trinajstić information content (AvgIpc) is 2.67. The van der Waals surface area contributed by atoms with E-state index in [-0.39, 0.29) is 6.04 Å². The first-order valence-corrected chi connectivity index (χ1v) is 6.57. The molecule has 0 saturated heterocycles. The lowest BCUT2D eigenvalue weighted by atomic mass is 10.3. The maximum Gasteiger partial charge on any atom is 0.323 e. The van der Waals surface area contributed by atoms with E-state index < -0.39 is 21.2 Å². The fraction of sp³-hybridized carbons (Fsp3) is 0.889. The van der Waals surface area contributed by atoms with Gasteiger partial charge in [0.25, 0.3) is 0 Å². The molecule has 1 fully saturated rings. The number of aliphatic carboxylic acids is 1. The predicted molar refractivity (Wildman–Crippen MR) is 56.0 cm³/mol. The van der Waals surface area contributed by atoms with E-state index in [9.17, 15) is 13.2 Å². The van der Waals surface area contributed by atoms with Gasteiger partial charge in [-0.1, -0.05) is 12.8 Å². The third-order valence-corrected chi connectivity index (χ3v) is 5.23. The summed E-state index contributed by atoms with van der Waals surface area (Å²) in [5, 5.41) is 7.35. The largest absolute Gasteiger partial charge is 0.480 e. The van der Waals surface area contributed by atoms with Gasteiger partial charge >= 0.3 is 5.97 Å². The molecule has 1 aliphatic carbocycles. The van der Waals surface area contributed by atoms with Gasteiger partial charge in [0.05, 0.1) is 0 Å². The summed E-state index contributed by atoms with van der Waals surface area (Å²) in [4.78, 5) is 10.7. The first-order valence-electron chi connectivity index (χ1n) is 5.07. The number of carboxylic acids is 1. The molecule has 0 amide bonds. The molecule has 0 aromatic rings. The first-order chi connectivity index (χ1) is 6.87. The molecule has 1 saturated carbocycles. The van der Waals surface area contributed by atoms with Crippen LogP contribution in [-0.4, -0.2) is 42.1 Å². The maximum absolute atomic E-state index is 11.8. The van der Waals surface area contributed by atoms with Crippen molar-refractivity contribution in [3.8, 4) is 0 Å². The van der Waals surface area contributed by atoms with Crippen LogP contribution in [0.5, 0.6) is 0 Å². The van der Waals surface area contributed by atoms with Gasteiger partial charge in [0.2, 0.25) is 10.0 Å². The highest BCUT2D eigenvalue weighted by molar-refractivity contribution is 7.90. The van der Waals surface area contributed by atoms with Crippen LogP contribution in [0.1, 0.15) is 32.6 Å². The molecular formula is C9H17NO4S. The van der Waals surface area contributed by atoms with E-state index in [1.165, 1.54) is 18.3 Å². The lowest BCUT2D eigenvalue weighted by Gasteiger charge is -2.25. The van der Waals surface area contributed by atoms with Crippen LogP contribution < -0.4 is 0 Å². The summed E-state index contributed by atoms with van der Waals surface area (Å²) in [6.45, 7) is 1.21. The molecule has 0 aromatic heterocycles. The lowest BCUT2D eigenvalue weighted by molar-refractivity contribution is -0.136. The van der Waals surface area contributed by atoms with Gasteiger partial charge in [-0.3, -0.25) is 4.79 Å². The Morgan fingerprint density at radius 3 is 2.27 bits per heavy atom. The lowest BCUT2D eigenvalue weighted by Crippen LogP contribution is -2.43. The smallest absolute Gasteiger partial charge is 0.323 e. The van der Waals surface area contributed by atoms with E-state index in [2.05, 4.69) is 0 Å². The number of nitrogens with zero attached hydrogens (tertiary/aromatic N) is 1. The Balaban J connectivity index is 2.80. The number of rotatable bonds is 4. The molecule has 6 heteroatoms. The number of carboxylic acid groups (broad SMARTS) is 1. The Labute approximate surface area is 90.1 Å². The summed E-state index contributed by atoms with van der Waals surface area (Å²) in [5.74, 6) is -1.29. The molecule has 0 bridgehead atoms. The third-order valence-electron chi connectivity index (χ3n) is 3.03. The zero-order chi connectivity index (χ0) is 11.6. The van der Waals surface area contributed by atoms with Gasteiger partial charge in [-0.25, -0.2) is 12.7 Å². The zero-order valence-corrected chi connectivity index (χ0v) is 9.83. The van der Waals surface area contributed by atoms with Gasteiger partial charge in [-0.05, 0) is 19.8 Å². The fourth-order valence-corrected chi connectivity index (χ4v) is 3.23. The molecule has 0 heterocycles. The van der Waals surface area contributed by atoms with Crippen LogP contribution >= 0.6 is 0 Å². The average molecular weight is 235 g/mol. The van der Waals surface area contributed by atoms with Gasteiger partial charge < -0.3 is 5.11 Å². The van der Waals surface area contributed by atoms with Crippen molar-refractivity contribution in [1.29, 1.82) is 0 Å². The van der Waals surface area contributed by atoms with E-state index >= 15 is 0 Å². The quantitative estimate of drug-likeness (QED) is 0.777. The van der Waals surface area contributed by atoms with Crippen molar-refractivity contribution in [2.75, 3.05) is 7.05 Å². The van der Waals surface area contributed by atoms with Crippen LogP contribution in [0.25, 0.3) is 0 Å². The molecule has 1 atom stereocenters. The van der Waals surface area contributed by atoms with E-state index in [0.717, 1.165) is 25.7 Å². The summed E-state index contributed by atoms with van der Waals surface area (Å²) in [6, 6.07) is -0.0169. The maximum atomic E-state index is 11.8. The van der Waals surface area contributed by atoms with Crippen LogP contribution in [0.15, 0.2) is 0 Å². The van der Waals surface area contributed by atoms with Crippen LogP contribution in [0, 0.1) is 0 Å². The van der Waals surface area contributed by atoms with Crippen molar-refractivity contribution in [3.05, 3.63) is 0 Å². The summed E-state index contributed by atoms with van der Waals surface area (Å²) in [7, 11) is -2.21. The van der Waals surface area contributed by atoms with Crippen LogP contribution in [0.3, 0.4) is 0 Å². The minimum absolute atomic E-state index is 0.0169. The highest BCUT2D eigenvalue weighted by atomic mass is 32.2. The predicted octanol–water partition coefficient (Wildman–Crippen LogP) is 0.664. The molecule has 1 aliphatic rings. The van der Waals surface area contributed by atoms with Gasteiger partial charge in [0.15, 0.2) is 5.25 Å². The van der Waals surface area contributed by atoms with Crippen molar-refractivity contribution >= 4 is 16.0 Å². The van der Waals surface area contributed by atoms with Crippen molar-refractivity contribution < 1.29 is 18.3 Å². The molecule has 88 valence electrons. The number of sulfonamides is 1. The highest BCUT2D eigenvalue weighted by Crippen LogP contribution is 2.25. The van der Waals surface area contributed by atoms with E-state index in [0.29, 0.717) is 0 Å². The second kappa shape index (κ2) is 4.49. The van der Waals surface area contributed by atoms with Gasteiger partial charge in [0.1, 0.15) is 0 Å². The molecule has 1 N–H and O–H groups in total. The number of carbonyl (C=O) groups is 1. The first kappa shape index (κ1) is 12.4. The SMILES string of the molecule is CC(C(=O)O)S(=O)(=O)N(C)C1CCCC1. The Morgan fingerprint density at radius 2 is 1.87 bits per heavy atom. The minimum atomic E-state index is -3.69. The minimum Gasteiger partial charge on any atom is -0.480 e. The number of hydrogen-bond donors (Lipinski definition) is 1. The van der Waals surface area contributed by atoms with Crippen LogP contribution in [0.4, 0.5) is 0 Å². The normalized spacial score (nSPS) is 20.7. The van der Waals surface area contributed by atoms with Crippen molar-refractivity contribution in [2.45, 2.75) is 43.9 Å². The van der Waals surface area contributed by atoms with E-state index in [1.54, 1.807) is 0 Å². The summed E-state index contributed by atoms with van der Waals surface area (Å²) in [5.41, 5.74) is 0.